The summed E-state index contributed by atoms with van der Waals surface area (Å²) in [6.45, 7) is 9.18. The highest BCUT2D eigenvalue weighted by atomic mass is 32.1. The lowest BCUT2D eigenvalue weighted by Gasteiger charge is -2.18. The van der Waals surface area contributed by atoms with Gasteiger partial charge in [-0.2, -0.15) is 0 Å². The van der Waals surface area contributed by atoms with Gasteiger partial charge in [0.05, 0.1) is 29.1 Å². The summed E-state index contributed by atoms with van der Waals surface area (Å²) in [4.78, 5) is 54.8. The van der Waals surface area contributed by atoms with Gasteiger partial charge >= 0.3 is 5.69 Å². The fourth-order valence-electron chi connectivity index (χ4n) is 3.36. The van der Waals surface area contributed by atoms with Gasteiger partial charge in [-0.15, -0.1) is 11.3 Å². The second-order valence-corrected chi connectivity index (χ2v) is 10.0. The first-order valence-electron chi connectivity index (χ1n) is 10.7. The SMILES string of the molecule is CCOc1ccc(-n2c(=O)c3c(C)c(C(=O)N(C)C)sc3n(CC(=O)C(C)(C)C)c2=O)cc1. The van der Waals surface area contributed by atoms with Crippen LogP contribution in [0.2, 0.25) is 0 Å². The molecule has 2 heterocycles. The van der Waals surface area contributed by atoms with Gasteiger partial charge in [0.1, 0.15) is 10.6 Å². The van der Waals surface area contributed by atoms with Gasteiger partial charge < -0.3 is 9.64 Å². The number of thiophene rings is 1. The minimum Gasteiger partial charge on any atom is -0.494 e. The van der Waals surface area contributed by atoms with Crippen LogP contribution in [0.5, 0.6) is 5.75 Å². The van der Waals surface area contributed by atoms with E-state index in [2.05, 4.69) is 0 Å². The van der Waals surface area contributed by atoms with Crippen molar-refractivity contribution >= 4 is 33.2 Å². The van der Waals surface area contributed by atoms with E-state index in [9.17, 15) is 19.2 Å². The summed E-state index contributed by atoms with van der Waals surface area (Å²) < 4.78 is 7.82. The van der Waals surface area contributed by atoms with Crippen molar-refractivity contribution in [3.8, 4) is 11.4 Å². The Morgan fingerprint density at radius 2 is 1.70 bits per heavy atom. The van der Waals surface area contributed by atoms with Crippen molar-refractivity contribution in [2.24, 2.45) is 5.41 Å². The van der Waals surface area contributed by atoms with E-state index in [0.717, 1.165) is 15.9 Å². The molecule has 1 amide bonds. The number of nitrogens with zero attached hydrogens (tertiary/aromatic N) is 3. The Labute approximate surface area is 196 Å². The minimum atomic E-state index is -0.680. The molecule has 0 bridgehead atoms. The van der Waals surface area contributed by atoms with Crippen LogP contribution in [0.25, 0.3) is 15.9 Å². The van der Waals surface area contributed by atoms with Crippen LogP contribution < -0.4 is 16.0 Å². The largest absolute Gasteiger partial charge is 0.494 e. The van der Waals surface area contributed by atoms with Crippen molar-refractivity contribution in [1.82, 2.24) is 14.0 Å². The molecule has 0 aliphatic carbocycles. The number of benzene rings is 1. The number of rotatable bonds is 6. The number of hydrogen-bond donors (Lipinski definition) is 0. The van der Waals surface area contributed by atoms with Crippen molar-refractivity contribution in [3.63, 3.8) is 0 Å². The Morgan fingerprint density at radius 3 is 2.21 bits per heavy atom. The van der Waals surface area contributed by atoms with Crippen LogP contribution in [0.4, 0.5) is 0 Å². The average molecular weight is 472 g/mol. The summed E-state index contributed by atoms with van der Waals surface area (Å²) in [6, 6.07) is 6.62. The van der Waals surface area contributed by atoms with E-state index in [4.69, 9.17) is 4.74 Å². The van der Waals surface area contributed by atoms with Crippen molar-refractivity contribution in [2.75, 3.05) is 20.7 Å². The molecule has 0 aliphatic rings. The highest BCUT2D eigenvalue weighted by Gasteiger charge is 2.28. The van der Waals surface area contributed by atoms with Crippen LogP contribution in [-0.2, 0) is 11.3 Å². The number of Topliss-reactive ketones (excluding diaryl/α,β-unsaturated/α-hetero) is 1. The van der Waals surface area contributed by atoms with Gasteiger partial charge in [-0.1, -0.05) is 20.8 Å². The van der Waals surface area contributed by atoms with Gasteiger partial charge in [-0.05, 0) is 43.7 Å². The Bertz CT molecular complexity index is 1340. The smallest absolute Gasteiger partial charge is 0.337 e. The predicted molar refractivity (Wildman–Crippen MR) is 130 cm³/mol. The summed E-state index contributed by atoms with van der Waals surface area (Å²) in [5.74, 6) is 0.195. The number of carbonyl (C=O) groups is 2. The van der Waals surface area contributed by atoms with Crippen molar-refractivity contribution in [1.29, 1.82) is 0 Å². The topological polar surface area (TPSA) is 90.6 Å². The van der Waals surface area contributed by atoms with E-state index < -0.39 is 16.7 Å². The maximum Gasteiger partial charge on any atom is 0.337 e. The Kier molecular flexibility index (Phi) is 6.65. The molecule has 0 atom stereocenters. The number of ketones is 1. The molecular weight excluding hydrogens is 442 g/mol. The second kappa shape index (κ2) is 8.97. The number of ether oxygens (including phenoxy) is 1. The quantitative estimate of drug-likeness (QED) is 0.551. The van der Waals surface area contributed by atoms with Crippen LogP contribution in [0.15, 0.2) is 33.9 Å². The van der Waals surface area contributed by atoms with E-state index >= 15 is 0 Å². The standard InChI is InChI=1S/C24H29N3O5S/c1-8-32-16-11-9-15(10-12-16)27-20(29)18-14(2)19(21(30)25(6)7)33-22(18)26(23(27)31)13-17(28)24(3,4)5/h9-12H,8,13H2,1-7H3. The predicted octanol–water partition coefficient (Wildman–Crippen LogP) is 3.24. The van der Waals surface area contributed by atoms with Gasteiger partial charge in [0.25, 0.3) is 11.5 Å². The summed E-state index contributed by atoms with van der Waals surface area (Å²) in [5, 5.41) is 0.264. The van der Waals surface area contributed by atoms with E-state index in [0.29, 0.717) is 33.3 Å². The zero-order valence-electron chi connectivity index (χ0n) is 20.0. The first kappa shape index (κ1) is 24.4. The molecule has 1 aromatic carbocycles. The lowest BCUT2D eigenvalue weighted by molar-refractivity contribution is -0.126. The molecule has 0 saturated carbocycles. The van der Waals surface area contributed by atoms with Gasteiger partial charge in [-0.25, -0.2) is 9.36 Å². The van der Waals surface area contributed by atoms with E-state index in [1.54, 1.807) is 66.1 Å². The van der Waals surface area contributed by atoms with Crippen molar-refractivity contribution in [3.05, 3.63) is 55.5 Å². The normalized spacial score (nSPS) is 11.6. The highest BCUT2D eigenvalue weighted by Crippen LogP contribution is 2.29. The van der Waals surface area contributed by atoms with E-state index in [1.165, 1.54) is 9.47 Å². The highest BCUT2D eigenvalue weighted by molar-refractivity contribution is 7.20. The monoisotopic (exact) mass is 471 g/mol. The lowest BCUT2D eigenvalue weighted by Crippen LogP contribution is -2.41. The summed E-state index contributed by atoms with van der Waals surface area (Å²) in [6.07, 6.45) is 0. The second-order valence-electron chi connectivity index (χ2n) is 9.05. The third-order valence-electron chi connectivity index (χ3n) is 5.36. The van der Waals surface area contributed by atoms with Gasteiger partial charge in [-0.3, -0.25) is 19.0 Å². The molecule has 0 aliphatic heterocycles. The maximum absolute atomic E-state index is 13.6. The molecule has 0 saturated heterocycles. The van der Waals surface area contributed by atoms with Crippen LogP contribution in [-0.4, -0.2) is 46.4 Å². The molecular formula is C24H29N3O5S. The van der Waals surface area contributed by atoms with Gasteiger partial charge in [0, 0.05) is 19.5 Å². The van der Waals surface area contributed by atoms with Gasteiger partial charge in [0.2, 0.25) is 0 Å². The zero-order valence-corrected chi connectivity index (χ0v) is 20.8. The fraction of sp³-hybridized carbons (Fsp3) is 0.417. The first-order valence-corrected chi connectivity index (χ1v) is 11.5. The number of fused-ring (bicyclic) bond motifs is 1. The van der Waals surface area contributed by atoms with Crippen LogP contribution in [0.3, 0.4) is 0 Å². The molecule has 8 nitrogen and oxygen atoms in total. The molecule has 9 heteroatoms. The molecule has 0 radical (unpaired) electrons. The van der Waals surface area contributed by atoms with E-state index in [1.807, 2.05) is 6.92 Å². The van der Waals surface area contributed by atoms with Crippen molar-refractivity contribution < 1.29 is 14.3 Å². The lowest BCUT2D eigenvalue weighted by atomic mass is 9.91. The van der Waals surface area contributed by atoms with E-state index in [-0.39, 0.29) is 23.6 Å². The number of hydrogen-bond acceptors (Lipinski definition) is 6. The minimum absolute atomic E-state index is 0.158. The maximum atomic E-state index is 13.6. The Hall–Kier alpha value is -3.20. The molecule has 0 unspecified atom stereocenters. The van der Waals surface area contributed by atoms with Crippen LogP contribution in [0, 0.1) is 12.3 Å². The fourth-order valence-corrected chi connectivity index (χ4v) is 4.67. The molecule has 3 aromatic rings. The molecule has 2 aromatic heterocycles. The molecule has 33 heavy (non-hydrogen) atoms. The summed E-state index contributed by atoms with van der Waals surface area (Å²) >= 11 is 1.07. The molecule has 176 valence electrons. The Morgan fingerprint density at radius 1 is 1.09 bits per heavy atom. The molecule has 0 spiro atoms. The number of aromatic nitrogens is 2. The zero-order chi connectivity index (χ0) is 24.7. The number of aryl methyl sites for hydroxylation is 1. The third-order valence-corrected chi connectivity index (χ3v) is 6.66. The third kappa shape index (κ3) is 4.50. The number of carbonyl (C=O) groups excluding carboxylic acids is 2. The Balaban J connectivity index is 2.37. The first-order chi connectivity index (χ1) is 15.4. The molecule has 0 fully saturated rings. The van der Waals surface area contributed by atoms with Crippen LogP contribution >= 0.6 is 11.3 Å². The average Bonchev–Trinajstić information content (AvgIpc) is 3.08. The molecule has 0 N–H and O–H groups in total. The van der Waals surface area contributed by atoms with Crippen LogP contribution in [0.1, 0.15) is 42.9 Å². The van der Waals surface area contributed by atoms with Gasteiger partial charge in [0.15, 0.2) is 5.78 Å². The molecule has 3 rings (SSSR count). The summed E-state index contributed by atoms with van der Waals surface area (Å²) in [7, 11) is 3.25. The number of amides is 1. The van der Waals surface area contributed by atoms with Crippen molar-refractivity contribution in [2.45, 2.75) is 41.2 Å². The summed E-state index contributed by atoms with van der Waals surface area (Å²) in [5.41, 5.74) is -0.973.